The number of anilines is 1. The first kappa shape index (κ1) is 40.7. The number of ether oxygens (including phenoxy) is 8. The van der Waals surface area contributed by atoms with Gasteiger partial charge in [-0.05, 0) is 55.5 Å². The van der Waals surface area contributed by atoms with Gasteiger partial charge < -0.3 is 43.6 Å². The molecule has 2 unspecified atom stereocenters. The lowest BCUT2D eigenvalue weighted by molar-refractivity contribution is -0.129. The lowest BCUT2D eigenvalue weighted by Gasteiger charge is -2.28. The Hall–Kier alpha value is -5.94. The first-order valence-corrected chi connectivity index (χ1v) is 19.2. The maximum atomic E-state index is 12.3. The number of carbonyl (C=O) groups excluding carboxylic acids is 1. The second-order valence-electron chi connectivity index (χ2n) is 12.4. The molecule has 3 aliphatic rings. The van der Waals surface area contributed by atoms with E-state index < -0.39 is 5.37 Å². The van der Waals surface area contributed by atoms with Crippen LogP contribution < -0.4 is 43.6 Å². The first-order chi connectivity index (χ1) is 27.5. The number of fused-ring (bicyclic) bond motifs is 3. The van der Waals surface area contributed by atoms with Crippen molar-refractivity contribution < 1.29 is 42.7 Å². The number of nitrogens with two attached hydrogens (primary N) is 1. The van der Waals surface area contributed by atoms with Gasteiger partial charge in [-0.2, -0.15) is 10.2 Å². The summed E-state index contributed by atoms with van der Waals surface area (Å²) in [4.78, 5) is 17.0. The zero-order valence-corrected chi connectivity index (χ0v) is 34.9. The molecule has 57 heavy (non-hydrogen) atoms. The molecule has 17 heteroatoms. The Morgan fingerprint density at radius 2 is 1.02 bits per heavy atom. The van der Waals surface area contributed by atoms with Crippen LogP contribution in [0.3, 0.4) is 0 Å². The Balaban J connectivity index is 0.000000193. The Kier molecular flexibility index (Phi) is 12.5. The number of aliphatic imine (C=N–C) groups is 1. The third-order valence-electron chi connectivity index (χ3n) is 9.14. The standard InChI is InChI=1S/C20H23N3O5S.C20H21N3O4S/c1-11(24)23-20(13-9-17(27-4)18(28-5)10-14(13)21)29-19(22-23)12-6-7-15(25-2)16(8-12)26-3;1-11-21-14-10-18(27-5)17(26-4)9-13(14)20-23(11)22-19(28-20)12-6-7-15(24-2)16(8-12)25-3/h6-10,20H,21H2,1-5H3;6-10,20H,1-5H3. The van der Waals surface area contributed by atoms with Crippen LogP contribution in [0.5, 0.6) is 46.0 Å². The minimum Gasteiger partial charge on any atom is -0.493 e. The molecule has 0 fully saturated rings. The lowest BCUT2D eigenvalue weighted by Crippen LogP contribution is -2.26. The molecule has 4 aromatic carbocycles. The van der Waals surface area contributed by atoms with Crippen LogP contribution in [-0.4, -0.2) is 88.7 Å². The molecule has 3 aliphatic heterocycles. The van der Waals surface area contributed by atoms with E-state index in [1.807, 2.05) is 54.4 Å². The summed E-state index contributed by atoms with van der Waals surface area (Å²) < 4.78 is 43.0. The van der Waals surface area contributed by atoms with Gasteiger partial charge in [-0.3, -0.25) is 4.79 Å². The Morgan fingerprint density at radius 3 is 1.53 bits per heavy atom. The minimum atomic E-state index is -0.435. The number of methoxy groups -OCH3 is 8. The number of rotatable bonds is 11. The predicted molar refractivity (Wildman–Crippen MR) is 223 cm³/mol. The molecular weight excluding hydrogens is 773 g/mol. The summed E-state index contributed by atoms with van der Waals surface area (Å²) in [5.41, 5.74) is 11.1. The first-order valence-electron chi connectivity index (χ1n) is 17.4. The van der Waals surface area contributed by atoms with Crippen LogP contribution in [0.15, 0.2) is 75.9 Å². The van der Waals surface area contributed by atoms with Crippen LogP contribution in [0.2, 0.25) is 0 Å². The number of nitrogen functional groups attached to an aromatic ring is 1. The van der Waals surface area contributed by atoms with Gasteiger partial charge in [0.1, 0.15) is 26.7 Å². The molecule has 7 rings (SSSR count). The van der Waals surface area contributed by atoms with Crippen LogP contribution in [0.25, 0.3) is 0 Å². The molecule has 2 N–H and O–H groups in total. The van der Waals surface area contributed by atoms with E-state index in [9.17, 15) is 4.79 Å². The highest BCUT2D eigenvalue weighted by Crippen LogP contribution is 2.51. The molecule has 0 radical (unpaired) electrons. The Bertz CT molecular complexity index is 2270. The fraction of sp³-hybridized carbons (Fsp3) is 0.300. The van der Waals surface area contributed by atoms with Gasteiger partial charge in [-0.1, -0.05) is 23.5 Å². The number of hydrogen-bond donors (Lipinski definition) is 1. The van der Waals surface area contributed by atoms with Crippen LogP contribution in [0.1, 0.15) is 46.8 Å². The highest BCUT2D eigenvalue weighted by Gasteiger charge is 2.37. The van der Waals surface area contributed by atoms with Crippen molar-refractivity contribution in [3.63, 3.8) is 0 Å². The highest BCUT2D eigenvalue weighted by molar-refractivity contribution is 8.15. The summed E-state index contributed by atoms with van der Waals surface area (Å²) in [6.45, 7) is 3.42. The summed E-state index contributed by atoms with van der Waals surface area (Å²) in [5, 5.41) is 13.8. The number of hydrazone groups is 2. The van der Waals surface area contributed by atoms with Crippen molar-refractivity contribution in [1.82, 2.24) is 10.0 Å². The Labute approximate surface area is 339 Å². The third kappa shape index (κ3) is 8.02. The average Bonchev–Trinajstić information content (AvgIpc) is 3.90. The van der Waals surface area contributed by atoms with Crippen LogP contribution in [0, 0.1) is 0 Å². The summed E-state index contributed by atoms with van der Waals surface area (Å²) >= 11 is 3.08. The third-order valence-corrected chi connectivity index (χ3v) is 11.6. The molecule has 0 aromatic heterocycles. The number of amidine groups is 1. The number of hydrogen-bond acceptors (Lipinski definition) is 16. The van der Waals surface area contributed by atoms with Crippen molar-refractivity contribution in [2.24, 2.45) is 15.2 Å². The van der Waals surface area contributed by atoms with E-state index in [4.69, 9.17) is 53.7 Å². The minimum absolute atomic E-state index is 0.0181. The molecule has 0 saturated heterocycles. The lowest BCUT2D eigenvalue weighted by atomic mass is 10.1. The smallest absolute Gasteiger partial charge is 0.240 e. The van der Waals surface area contributed by atoms with Crippen molar-refractivity contribution in [2.75, 3.05) is 62.6 Å². The van der Waals surface area contributed by atoms with Crippen LogP contribution >= 0.6 is 23.5 Å². The molecule has 3 heterocycles. The van der Waals surface area contributed by atoms with Crippen molar-refractivity contribution in [2.45, 2.75) is 24.6 Å². The number of amides is 1. The van der Waals surface area contributed by atoms with E-state index in [1.165, 1.54) is 23.7 Å². The molecule has 0 spiro atoms. The topological polar surface area (TPSA) is 160 Å². The summed E-state index contributed by atoms with van der Waals surface area (Å²) in [6.07, 6.45) is 0. The van der Waals surface area contributed by atoms with Crippen molar-refractivity contribution in [1.29, 1.82) is 0 Å². The van der Waals surface area contributed by atoms with E-state index in [1.54, 1.807) is 86.8 Å². The molecule has 300 valence electrons. The van der Waals surface area contributed by atoms with E-state index >= 15 is 0 Å². The predicted octanol–water partition coefficient (Wildman–Crippen LogP) is 7.45. The summed E-state index contributed by atoms with van der Waals surface area (Å²) in [5.74, 6) is 5.57. The zero-order chi connectivity index (χ0) is 41.0. The number of carbonyl (C=O) groups is 1. The Morgan fingerprint density at radius 1 is 0.579 bits per heavy atom. The largest absolute Gasteiger partial charge is 0.493 e. The van der Waals surface area contributed by atoms with Gasteiger partial charge in [0, 0.05) is 47.0 Å². The quantitative estimate of drug-likeness (QED) is 0.149. The molecule has 15 nitrogen and oxygen atoms in total. The van der Waals surface area contributed by atoms with E-state index in [0.717, 1.165) is 33.3 Å². The van der Waals surface area contributed by atoms with E-state index in [2.05, 4.69) is 5.10 Å². The molecule has 0 aliphatic carbocycles. The maximum absolute atomic E-state index is 12.3. The fourth-order valence-electron chi connectivity index (χ4n) is 6.25. The number of benzene rings is 4. The van der Waals surface area contributed by atoms with Crippen molar-refractivity contribution >= 4 is 56.7 Å². The summed E-state index contributed by atoms with van der Waals surface area (Å²) in [7, 11) is 12.7. The van der Waals surface area contributed by atoms with E-state index in [0.29, 0.717) is 62.3 Å². The van der Waals surface area contributed by atoms with Gasteiger partial charge in [0.2, 0.25) is 5.91 Å². The van der Waals surface area contributed by atoms with Crippen LogP contribution in [0.4, 0.5) is 11.4 Å². The number of thioether (sulfide) groups is 2. The van der Waals surface area contributed by atoms with Crippen LogP contribution in [-0.2, 0) is 4.79 Å². The molecule has 2 atom stereocenters. The van der Waals surface area contributed by atoms with Gasteiger partial charge >= 0.3 is 0 Å². The highest BCUT2D eigenvalue weighted by atomic mass is 32.2. The molecule has 0 bridgehead atoms. The second-order valence-corrected chi connectivity index (χ2v) is 14.5. The van der Waals surface area contributed by atoms with Gasteiger partial charge in [0.15, 0.2) is 46.0 Å². The van der Waals surface area contributed by atoms with Crippen molar-refractivity contribution in [3.05, 3.63) is 82.9 Å². The molecule has 0 saturated carbocycles. The zero-order valence-electron chi connectivity index (χ0n) is 33.2. The molecule has 4 aromatic rings. The number of nitrogens with zero attached hydrogens (tertiary/aromatic N) is 5. The van der Waals surface area contributed by atoms with Gasteiger partial charge in [-0.25, -0.2) is 15.0 Å². The van der Waals surface area contributed by atoms with Gasteiger partial charge in [0.05, 0.1) is 62.6 Å². The SMILES string of the molecule is COc1ccc(C2=NN(C(C)=O)C(c3cc(OC)c(OC)cc3N)S2)cc1OC.COc1ccc(C2=NN3C(C)=Nc4cc(OC)c(OC)cc4C3S2)cc1OC. The normalized spacial score (nSPS) is 16.5. The van der Waals surface area contributed by atoms with Crippen molar-refractivity contribution in [3.8, 4) is 46.0 Å². The molecular formula is C40H44N6O9S2. The monoisotopic (exact) mass is 816 g/mol. The summed E-state index contributed by atoms with van der Waals surface area (Å²) in [6, 6.07) is 18.6. The fourth-order valence-corrected chi connectivity index (χ4v) is 8.71. The van der Waals surface area contributed by atoms with Gasteiger partial charge in [0.25, 0.3) is 0 Å². The maximum Gasteiger partial charge on any atom is 0.240 e. The second kappa shape index (κ2) is 17.5. The van der Waals surface area contributed by atoms with Gasteiger partial charge in [-0.15, -0.1) is 0 Å². The molecule has 1 amide bonds. The average molecular weight is 817 g/mol. The van der Waals surface area contributed by atoms with E-state index in [-0.39, 0.29) is 11.3 Å².